The van der Waals surface area contributed by atoms with Gasteiger partial charge >= 0.3 is 0 Å². The molecule has 2 amide bonds. The Morgan fingerprint density at radius 2 is 1.55 bits per heavy atom. The third-order valence-electron chi connectivity index (χ3n) is 7.45. The molecule has 1 aliphatic carbocycles. The van der Waals surface area contributed by atoms with Crippen molar-refractivity contribution >= 4 is 66.7 Å². The maximum atomic E-state index is 14.2. The van der Waals surface area contributed by atoms with Crippen LogP contribution in [0.15, 0.2) is 82.2 Å². The molecule has 224 valence electrons. The fraction of sp³-hybridized carbons (Fsp3) is 0.355. The van der Waals surface area contributed by atoms with E-state index in [2.05, 4.69) is 21.2 Å². The molecule has 0 radical (unpaired) electrons. The van der Waals surface area contributed by atoms with Crippen LogP contribution in [0.2, 0.25) is 10.0 Å². The predicted octanol–water partition coefficient (Wildman–Crippen LogP) is 7.21. The van der Waals surface area contributed by atoms with Gasteiger partial charge in [-0.05, 0) is 67.8 Å². The summed E-state index contributed by atoms with van der Waals surface area (Å²) in [5.41, 5.74) is 0.796. The highest BCUT2D eigenvalue weighted by molar-refractivity contribution is 9.10. The SMILES string of the molecule is CC[C@H](C(=O)NC1CCCCC1)N(Cc1c(Cl)cccc1Cl)C(=O)CN(c1ccc(Br)cc1)S(=O)(=O)c1ccccc1. The van der Waals surface area contributed by atoms with Gasteiger partial charge in [0.05, 0.1) is 10.6 Å². The molecule has 11 heteroatoms. The Labute approximate surface area is 266 Å². The van der Waals surface area contributed by atoms with E-state index in [-0.39, 0.29) is 23.4 Å². The van der Waals surface area contributed by atoms with Gasteiger partial charge in [0, 0.05) is 32.7 Å². The standard InChI is InChI=1S/C31H34BrCl2N3O4S/c1-2-29(31(39)35-23-10-5-3-6-11-23)36(20-26-27(33)14-9-15-28(26)34)30(38)21-37(24-18-16-22(32)17-19-24)42(40,41)25-12-7-4-8-13-25/h4,7-9,12-19,23,29H,2-3,5-6,10-11,20-21H2,1H3,(H,35,39)/t29-/m1/s1. The number of hydrogen-bond donors (Lipinski definition) is 1. The first-order chi connectivity index (χ1) is 20.1. The largest absolute Gasteiger partial charge is 0.352 e. The monoisotopic (exact) mass is 693 g/mol. The summed E-state index contributed by atoms with van der Waals surface area (Å²) in [5.74, 6) is -0.832. The lowest BCUT2D eigenvalue weighted by Crippen LogP contribution is -2.54. The molecule has 0 saturated heterocycles. The Balaban J connectivity index is 1.72. The molecule has 3 aromatic rings. The summed E-state index contributed by atoms with van der Waals surface area (Å²) in [5, 5.41) is 3.83. The summed E-state index contributed by atoms with van der Waals surface area (Å²) in [7, 11) is -4.14. The van der Waals surface area contributed by atoms with Crippen LogP contribution >= 0.6 is 39.1 Å². The van der Waals surface area contributed by atoms with Crippen LogP contribution in [0.4, 0.5) is 5.69 Å². The third kappa shape index (κ3) is 7.86. The third-order valence-corrected chi connectivity index (χ3v) is 10.5. The second kappa shape index (κ2) is 14.7. The number of hydrogen-bond acceptors (Lipinski definition) is 4. The second-order valence-corrected chi connectivity index (χ2v) is 13.9. The summed E-state index contributed by atoms with van der Waals surface area (Å²) in [6.45, 7) is 1.23. The molecule has 4 rings (SSSR count). The Morgan fingerprint density at radius 1 is 0.929 bits per heavy atom. The van der Waals surface area contributed by atoms with E-state index in [0.717, 1.165) is 40.9 Å². The highest BCUT2D eigenvalue weighted by atomic mass is 79.9. The van der Waals surface area contributed by atoms with Gasteiger partial charge in [0.2, 0.25) is 11.8 Å². The highest BCUT2D eigenvalue weighted by Crippen LogP contribution is 2.29. The molecule has 1 saturated carbocycles. The summed E-state index contributed by atoms with van der Waals surface area (Å²) >= 11 is 16.4. The number of carbonyl (C=O) groups excluding carboxylic acids is 2. The van der Waals surface area contributed by atoms with Gasteiger partial charge in [-0.15, -0.1) is 0 Å². The van der Waals surface area contributed by atoms with Crippen molar-refractivity contribution in [1.29, 1.82) is 0 Å². The Kier molecular flexibility index (Phi) is 11.3. The van der Waals surface area contributed by atoms with Crippen LogP contribution in [0, 0.1) is 0 Å². The first kappa shape index (κ1) is 32.3. The average molecular weight is 696 g/mol. The molecular formula is C31H34BrCl2N3O4S. The first-order valence-corrected chi connectivity index (χ1v) is 17.0. The Hall–Kier alpha value is -2.59. The summed E-state index contributed by atoms with van der Waals surface area (Å²) < 4.78 is 29.6. The molecule has 0 aromatic heterocycles. The zero-order chi connectivity index (χ0) is 30.3. The molecule has 7 nitrogen and oxygen atoms in total. The molecule has 0 spiro atoms. The minimum absolute atomic E-state index is 0.0406. The first-order valence-electron chi connectivity index (χ1n) is 14.0. The lowest BCUT2D eigenvalue weighted by atomic mass is 9.95. The number of nitrogens with one attached hydrogen (secondary N) is 1. The number of nitrogens with zero attached hydrogens (tertiary/aromatic N) is 2. The Morgan fingerprint density at radius 3 is 2.14 bits per heavy atom. The van der Waals surface area contributed by atoms with Crippen molar-refractivity contribution in [3.8, 4) is 0 Å². The van der Waals surface area contributed by atoms with E-state index in [9.17, 15) is 18.0 Å². The molecular weight excluding hydrogens is 661 g/mol. The summed E-state index contributed by atoms with van der Waals surface area (Å²) in [4.78, 5) is 29.3. The van der Waals surface area contributed by atoms with Crippen molar-refractivity contribution in [1.82, 2.24) is 10.2 Å². The molecule has 0 aliphatic heterocycles. The molecule has 0 heterocycles. The van der Waals surface area contributed by atoms with E-state index in [1.165, 1.54) is 17.0 Å². The van der Waals surface area contributed by atoms with Crippen LogP contribution in [0.3, 0.4) is 0 Å². The normalized spacial score (nSPS) is 14.7. The van der Waals surface area contributed by atoms with Crippen LogP contribution in [0.5, 0.6) is 0 Å². The van der Waals surface area contributed by atoms with Gasteiger partial charge in [-0.1, -0.05) is 89.6 Å². The van der Waals surface area contributed by atoms with Crippen molar-refractivity contribution in [2.75, 3.05) is 10.8 Å². The molecule has 1 fully saturated rings. The van der Waals surface area contributed by atoms with Gasteiger partial charge in [0.1, 0.15) is 12.6 Å². The van der Waals surface area contributed by atoms with Crippen molar-refractivity contribution in [2.24, 2.45) is 0 Å². The number of amides is 2. The minimum Gasteiger partial charge on any atom is -0.352 e. The van der Waals surface area contributed by atoms with Gasteiger partial charge in [0.25, 0.3) is 10.0 Å². The number of halogens is 3. The lowest BCUT2D eigenvalue weighted by molar-refractivity contribution is -0.140. The van der Waals surface area contributed by atoms with Gasteiger partial charge in [-0.2, -0.15) is 0 Å². The molecule has 3 aromatic carbocycles. The minimum atomic E-state index is -4.14. The molecule has 0 unspecified atom stereocenters. The fourth-order valence-electron chi connectivity index (χ4n) is 5.17. The Bertz CT molecular complexity index is 1460. The topological polar surface area (TPSA) is 86.8 Å². The fourth-order valence-corrected chi connectivity index (χ4v) is 7.39. The zero-order valence-corrected chi connectivity index (χ0v) is 27.2. The summed E-state index contributed by atoms with van der Waals surface area (Å²) in [6.07, 6.45) is 5.31. The second-order valence-electron chi connectivity index (χ2n) is 10.3. The van der Waals surface area contributed by atoms with Gasteiger partial charge in [0.15, 0.2) is 0 Å². The van der Waals surface area contributed by atoms with E-state index in [4.69, 9.17) is 23.2 Å². The van der Waals surface area contributed by atoms with Gasteiger partial charge in [-0.3, -0.25) is 13.9 Å². The summed E-state index contributed by atoms with van der Waals surface area (Å²) in [6, 6.07) is 18.8. The molecule has 42 heavy (non-hydrogen) atoms. The number of rotatable bonds is 11. The number of benzene rings is 3. The van der Waals surface area contributed by atoms with E-state index < -0.39 is 28.5 Å². The zero-order valence-electron chi connectivity index (χ0n) is 23.3. The van der Waals surface area contributed by atoms with E-state index in [1.807, 2.05) is 6.92 Å². The van der Waals surface area contributed by atoms with Crippen LogP contribution in [0.1, 0.15) is 51.0 Å². The van der Waals surface area contributed by atoms with Gasteiger partial charge < -0.3 is 10.2 Å². The maximum absolute atomic E-state index is 14.2. The molecule has 1 N–H and O–H groups in total. The molecule has 0 bridgehead atoms. The van der Waals surface area contributed by atoms with Crippen LogP contribution in [-0.4, -0.2) is 43.8 Å². The molecule has 1 atom stereocenters. The van der Waals surface area contributed by atoms with Crippen LogP contribution in [0.25, 0.3) is 0 Å². The predicted molar refractivity (Wildman–Crippen MR) is 171 cm³/mol. The van der Waals surface area contributed by atoms with Crippen LogP contribution in [-0.2, 0) is 26.2 Å². The van der Waals surface area contributed by atoms with Crippen molar-refractivity contribution in [3.63, 3.8) is 0 Å². The molecule has 1 aliphatic rings. The van der Waals surface area contributed by atoms with Crippen molar-refractivity contribution in [3.05, 3.63) is 92.9 Å². The number of anilines is 1. The van der Waals surface area contributed by atoms with E-state index >= 15 is 0 Å². The van der Waals surface area contributed by atoms with E-state index in [1.54, 1.807) is 60.7 Å². The van der Waals surface area contributed by atoms with Gasteiger partial charge in [-0.25, -0.2) is 8.42 Å². The lowest BCUT2D eigenvalue weighted by Gasteiger charge is -2.34. The average Bonchev–Trinajstić information content (AvgIpc) is 2.98. The van der Waals surface area contributed by atoms with Crippen molar-refractivity contribution < 1.29 is 18.0 Å². The van der Waals surface area contributed by atoms with Crippen LogP contribution < -0.4 is 9.62 Å². The maximum Gasteiger partial charge on any atom is 0.264 e. The smallest absolute Gasteiger partial charge is 0.264 e. The van der Waals surface area contributed by atoms with E-state index in [0.29, 0.717) is 27.7 Å². The number of carbonyl (C=O) groups is 2. The number of sulfonamides is 1. The highest BCUT2D eigenvalue weighted by Gasteiger charge is 2.35. The quantitative estimate of drug-likeness (QED) is 0.230. The van der Waals surface area contributed by atoms with Crippen molar-refractivity contribution in [2.45, 2.75) is 69.0 Å².